The van der Waals surface area contributed by atoms with Gasteiger partial charge in [-0.3, -0.25) is 4.79 Å². The van der Waals surface area contributed by atoms with Gasteiger partial charge in [0.2, 0.25) is 0 Å². The first-order valence-electron chi connectivity index (χ1n) is 12.6. The molecule has 9 nitrogen and oxygen atoms in total. The number of carbonyl (C=O) groups excluding carboxylic acids is 1. The van der Waals surface area contributed by atoms with Gasteiger partial charge in [0.15, 0.2) is 5.03 Å². The minimum absolute atomic E-state index is 0.0208. The lowest BCUT2D eigenvalue weighted by Crippen LogP contribution is -2.35. The molecular formula is C27H30FN5O4S. The summed E-state index contributed by atoms with van der Waals surface area (Å²) in [5.74, 6) is -0.222. The Morgan fingerprint density at radius 3 is 2.47 bits per heavy atom. The van der Waals surface area contributed by atoms with Crippen LogP contribution in [0.1, 0.15) is 49.9 Å². The number of nitrogens with one attached hydrogen (secondary N) is 1. The van der Waals surface area contributed by atoms with E-state index in [1.807, 2.05) is 13.8 Å². The molecule has 0 saturated carbocycles. The molecule has 3 N–H and O–H groups in total. The van der Waals surface area contributed by atoms with Crippen LogP contribution >= 0.6 is 0 Å². The number of nitrogens with zero attached hydrogens (tertiary/aromatic N) is 3. The number of pyridine rings is 2. The third kappa shape index (κ3) is 5.28. The average molecular weight is 540 g/mol. The van der Waals surface area contributed by atoms with Crippen molar-refractivity contribution in [3.05, 3.63) is 59.9 Å². The largest absolute Gasteiger partial charge is 0.493 e. The molecule has 2 bridgehead atoms. The van der Waals surface area contributed by atoms with Crippen molar-refractivity contribution in [2.75, 3.05) is 17.2 Å². The third-order valence-electron chi connectivity index (χ3n) is 6.82. The highest BCUT2D eigenvalue weighted by Gasteiger charge is 2.42. The standard InChI is InChI=1S/C27H30FN5O4S/c1-16(2)15-37-21-13-17(12-18(28)14-21)23-11-10-22(26(30-23)33-19-6-7-20(33)9-8-19)27(34)32-38(35,36)25-5-3-4-24(29)31-25/h3-5,10-14,16,19-20H,6-9,15H2,1-2H3,(H2,29,31)(H,32,34). The summed E-state index contributed by atoms with van der Waals surface area (Å²) < 4.78 is 48.1. The van der Waals surface area contributed by atoms with E-state index in [2.05, 4.69) is 14.6 Å². The quantitative estimate of drug-likeness (QED) is 0.437. The number of aromatic nitrogens is 2. The van der Waals surface area contributed by atoms with Crippen molar-refractivity contribution < 1.29 is 22.3 Å². The number of carbonyl (C=O) groups is 1. The molecule has 2 aliphatic heterocycles. The van der Waals surface area contributed by atoms with Gasteiger partial charge >= 0.3 is 0 Å². The predicted octanol–water partition coefficient (Wildman–Crippen LogP) is 4.15. The van der Waals surface area contributed by atoms with E-state index in [-0.39, 0.29) is 34.4 Å². The van der Waals surface area contributed by atoms with Crippen molar-refractivity contribution in [2.24, 2.45) is 5.92 Å². The number of hydrogen-bond donors (Lipinski definition) is 2. The summed E-state index contributed by atoms with van der Waals surface area (Å²) in [5, 5.41) is -0.355. The molecule has 0 spiro atoms. The van der Waals surface area contributed by atoms with Gasteiger partial charge in [-0.15, -0.1) is 0 Å². The van der Waals surface area contributed by atoms with Crippen LogP contribution < -0.4 is 20.1 Å². The fourth-order valence-electron chi connectivity index (χ4n) is 5.11. The van der Waals surface area contributed by atoms with Crippen LogP contribution in [0.2, 0.25) is 0 Å². The van der Waals surface area contributed by atoms with E-state index < -0.39 is 21.7 Å². The lowest BCUT2D eigenvalue weighted by Gasteiger charge is -2.26. The molecule has 0 unspecified atom stereocenters. The number of hydrogen-bond acceptors (Lipinski definition) is 8. The molecule has 1 amide bonds. The van der Waals surface area contributed by atoms with E-state index in [0.29, 0.717) is 29.4 Å². The summed E-state index contributed by atoms with van der Waals surface area (Å²) >= 11 is 0. The predicted molar refractivity (Wildman–Crippen MR) is 142 cm³/mol. The molecule has 2 aliphatic rings. The van der Waals surface area contributed by atoms with Crippen LogP contribution in [-0.2, 0) is 10.0 Å². The van der Waals surface area contributed by atoms with Crippen LogP contribution in [0.3, 0.4) is 0 Å². The number of sulfonamides is 1. The van der Waals surface area contributed by atoms with Crippen LogP contribution in [0.5, 0.6) is 5.75 Å². The molecule has 0 radical (unpaired) electrons. The molecule has 4 heterocycles. The van der Waals surface area contributed by atoms with Crippen LogP contribution in [0.4, 0.5) is 16.0 Å². The van der Waals surface area contributed by atoms with E-state index >= 15 is 0 Å². The zero-order chi connectivity index (χ0) is 27.0. The number of benzene rings is 1. The Labute approximate surface area is 221 Å². The monoisotopic (exact) mass is 539 g/mol. The molecule has 2 fully saturated rings. The zero-order valence-electron chi connectivity index (χ0n) is 21.2. The second-order valence-corrected chi connectivity index (χ2v) is 11.8. The minimum Gasteiger partial charge on any atom is -0.493 e. The highest BCUT2D eigenvalue weighted by Crippen LogP contribution is 2.42. The molecule has 5 rings (SSSR count). The smallest absolute Gasteiger partial charge is 0.281 e. The normalized spacial score (nSPS) is 18.7. The highest BCUT2D eigenvalue weighted by atomic mass is 32.2. The third-order valence-corrected chi connectivity index (χ3v) is 8.05. The number of anilines is 2. The Balaban J connectivity index is 1.52. The number of rotatable bonds is 8. The molecule has 0 atom stereocenters. The van der Waals surface area contributed by atoms with E-state index in [4.69, 9.17) is 15.5 Å². The van der Waals surface area contributed by atoms with E-state index in [0.717, 1.165) is 25.7 Å². The summed E-state index contributed by atoms with van der Waals surface area (Å²) in [6, 6.07) is 12.1. The van der Waals surface area contributed by atoms with Crippen LogP contribution in [0.25, 0.3) is 11.3 Å². The Hall–Kier alpha value is -3.73. The zero-order valence-corrected chi connectivity index (χ0v) is 22.0. The number of ether oxygens (including phenoxy) is 1. The maximum Gasteiger partial charge on any atom is 0.281 e. The SMILES string of the molecule is CC(C)COc1cc(F)cc(-c2ccc(C(=O)NS(=O)(=O)c3cccc(N)n3)c(N3C4CCC3CC4)n2)c1. The second kappa shape index (κ2) is 10.2. The molecule has 200 valence electrons. The molecular weight excluding hydrogens is 509 g/mol. The number of halogens is 1. The van der Waals surface area contributed by atoms with Gasteiger partial charge in [0.05, 0.1) is 17.9 Å². The highest BCUT2D eigenvalue weighted by molar-refractivity contribution is 7.90. The number of fused-ring (bicyclic) bond motifs is 2. The van der Waals surface area contributed by atoms with Gasteiger partial charge in [0, 0.05) is 23.7 Å². The van der Waals surface area contributed by atoms with Gasteiger partial charge in [-0.25, -0.2) is 19.1 Å². The van der Waals surface area contributed by atoms with Gasteiger partial charge in [-0.05, 0) is 68.0 Å². The molecule has 38 heavy (non-hydrogen) atoms. The van der Waals surface area contributed by atoms with Crippen molar-refractivity contribution in [2.45, 2.75) is 56.6 Å². The lowest BCUT2D eigenvalue weighted by molar-refractivity contribution is 0.0981. The second-order valence-electron chi connectivity index (χ2n) is 10.2. The maximum atomic E-state index is 14.5. The van der Waals surface area contributed by atoms with Gasteiger partial charge in [-0.2, -0.15) is 8.42 Å². The van der Waals surface area contributed by atoms with Crippen LogP contribution in [0, 0.1) is 11.7 Å². The fourth-order valence-corrected chi connectivity index (χ4v) is 6.05. The first-order valence-corrected chi connectivity index (χ1v) is 14.1. The Morgan fingerprint density at radius 2 is 1.82 bits per heavy atom. The topological polar surface area (TPSA) is 128 Å². The molecule has 2 aromatic heterocycles. The fraction of sp³-hybridized carbons (Fsp3) is 0.370. The summed E-state index contributed by atoms with van der Waals surface area (Å²) in [7, 11) is -4.27. The van der Waals surface area contributed by atoms with E-state index in [9.17, 15) is 17.6 Å². The molecule has 3 aromatic rings. The molecule has 1 aromatic carbocycles. The molecule has 2 saturated heterocycles. The van der Waals surface area contributed by atoms with Gasteiger partial charge in [0.25, 0.3) is 15.9 Å². The van der Waals surface area contributed by atoms with Gasteiger partial charge in [-0.1, -0.05) is 19.9 Å². The minimum atomic E-state index is -4.27. The van der Waals surface area contributed by atoms with Crippen molar-refractivity contribution in [3.8, 4) is 17.0 Å². The van der Waals surface area contributed by atoms with E-state index in [1.54, 1.807) is 12.1 Å². The van der Waals surface area contributed by atoms with Crippen LogP contribution in [-0.4, -0.2) is 43.0 Å². The summed E-state index contributed by atoms with van der Waals surface area (Å²) in [4.78, 5) is 24.1. The van der Waals surface area contributed by atoms with Crippen molar-refractivity contribution in [1.82, 2.24) is 14.7 Å². The first-order chi connectivity index (χ1) is 18.1. The van der Waals surface area contributed by atoms with Crippen molar-refractivity contribution >= 4 is 27.6 Å². The Bertz CT molecular complexity index is 1460. The van der Waals surface area contributed by atoms with Crippen LogP contribution in [0.15, 0.2) is 53.6 Å². The average Bonchev–Trinajstić information content (AvgIpc) is 3.47. The Morgan fingerprint density at radius 1 is 1.11 bits per heavy atom. The summed E-state index contributed by atoms with van der Waals surface area (Å²) in [6.45, 7) is 4.45. The lowest BCUT2D eigenvalue weighted by atomic mass is 10.0. The number of nitrogen functional groups attached to an aromatic ring is 1. The number of nitrogens with two attached hydrogens (primary N) is 1. The molecule has 0 aliphatic carbocycles. The number of amides is 1. The maximum absolute atomic E-state index is 14.5. The Kier molecular flexibility index (Phi) is 6.95. The summed E-state index contributed by atoms with van der Waals surface area (Å²) in [6.07, 6.45) is 3.87. The first kappa shape index (κ1) is 25.9. The van der Waals surface area contributed by atoms with Crippen molar-refractivity contribution in [1.29, 1.82) is 0 Å². The molecule has 11 heteroatoms. The summed E-state index contributed by atoms with van der Waals surface area (Å²) in [5.41, 5.74) is 6.70. The van der Waals surface area contributed by atoms with Gasteiger partial charge < -0.3 is 15.4 Å². The van der Waals surface area contributed by atoms with Crippen molar-refractivity contribution in [3.63, 3.8) is 0 Å². The van der Waals surface area contributed by atoms with Gasteiger partial charge in [0.1, 0.15) is 23.2 Å². The van der Waals surface area contributed by atoms with E-state index in [1.165, 1.54) is 36.4 Å².